The molecular weight excluding hydrogens is 348 g/mol. The summed E-state index contributed by atoms with van der Waals surface area (Å²) >= 11 is 5.23. The summed E-state index contributed by atoms with van der Waals surface area (Å²) in [6.45, 7) is 2.80. The third-order valence-electron chi connectivity index (χ3n) is 3.21. The van der Waals surface area contributed by atoms with Crippen LogP contribution in [0.2, 0.25) is 0 Å². The van der Waals surface area contributed by atoms with Gasteiger partial charge >= 0.3 is 0 Å². The highest BCUT2D eigenvalue weighted by molar-refractivity contribution is 9.10. The second-order valence-corrected chi connectivity index (χ2v) is 6.83. The van der Waals surface area contributed by atoms with Crippen LogP contribution in [0.15, 0.2) is 40.9 Å². The summed E-state index contributed by atoms with van der Waals surface area (Å²) in [5.41, 5.74) is 3.37. The number of hydrogen-bond acceptors (Lipinski definition) is 4. The largest absolute Gasteiger partial charge is 0.496 e. The Labute approximate surface area is 136 Å². The van der Waals surface area contributed by atoms with Gasteiger partial charge in [0.25, 0.3) is 0 Å². The number of fused-ring (bicyclic) bond motifs is 1. The zero-order valence-corrected chi connectivity index (χ0v) is 14.2. The van der Waals surface area contributed by atoms with Crippen molar-refractivity contribution < 1.29 is 4.74 Å². The van der Waals surface area contributed by atoms with E-state index in [0.717, 1.165) is 33.0 Å². The summed E-state index contributed by atoms with van der Waals surface area (Å²) in [7, 11) is 1.67. The third kappa shape index (κ3) is 3.19. The Bertz CT molecular complexity index is 785. The first-order valence-corrected chi connectivity index (χ1v) is 8.20. The van der Waals surface area contributed by atoms with E-state index in [9.17, 15) is 0 Å². The van der Waals surface area contributed by atoms with Crippen molar-refractivity contribution in [3.63, 3.8) is 0 Å². The lowest BCUT2D eigenvalue weighted by molar-refractivity contribution is 0.412. The highest BCUT2D eigenvalue weighted by Crippen LogP contribution is 2.27. The van der Waals surface area contributed by atoms with Gasteiger partial charge in [-0.05, 0) is 58.7 Å². The summed E-state index contributed by atoms with van der Waals surface area (Å²) in [6.07, 6.45) is 0. The minimum atomic E-state index is 0.770. The van der Waals surface area contributed by atoms with E-state index < -0.39 is 0 Å². The lowest BCUT2D eigenvalue weighted by Gasteiger charge is -2.09. The first-order chi connectivity index (χ1) is 10.2. The number of nitrogens with zero attached hydrogens (tertiary/aromatic N) is 1. The molecule has 108 valence electrons. The van der Waals surface area contributed by atoms with Crippen LogP contribution < -0.4 is 10.1 Å². The SMILES string of the molecule is COc1ccc(CNc2ccc3nc(C)sc3c2)cc1Br. The van der Waals surface area contributed by atoms with Gasteiger partial charge in [-0.25, -0.2) is 4.98 Å². The quantitative estimate of drug-likeness (QED) is 0.709. The van der Waals surface area contributed by atoms with Crippen LogP contribution in [0.1, 0.15) is 10.6 Å². The van der Waals surface area contributed by atoms with Crippen molar-refractivity contribution in [3.8, 4) is 5.75 Å². The Morgan fingerprint density at radius 3 is 2.86 bits per heavy atom. The van der Waals surface area contributed by atoms with Crippen LogP contribution in [0.3, 0.4) is 0 Å². The lowest BCUT2D eigenvalue weighted by atomic mass is 10.2. The number of aromatic nitrogens is 1. The number of rotatable bonds is 4. The van der Waals surface area contributed by atoms with Crippen molar-refractivity contribution in [1.29, 1.82) is 0 Å². The minimum Gasteiger partial charge on any atom is -0.496 e. The van der Waals surface area contributed by atoms with Crippen molar-refractivity contribution >= 4 is 43.2 Å². The number of halogens is 1. The van der Waals surface area contributed by atoms with Gasteiger partial charge in [-0.15, -0.1) is 11.3 Å². The Balaban J connectivity index is 1.75. The fraction of sp³-hybridized carbons (Fsp3) is 0.188. The normalized spacial score (nSPS) is 10.8. The third-order valence-corrected chi connectivity index (χ3v) is 4.76. The van der Waals surface area contributed by atoms with Crippen LogP contribution >= 0.6 is 27.3 Å². The number of methoxy groups -OCH3 is 1. The molecule has 1 N–H and O–H groups in total. The molecule has 0 aliphatic carbocycles. The molecule has 0 bridgehead atoms. The van der Waals surface area contributed by atoms with Crippen LogP contribution in [-0.4, -0.2) is 12.1 Å². The molecule has 0 radical (unpaired) electrons. The van der Waals surface area contributed by atoms with Gasteiger partial charge in [0, 0.05) is 12.2 Å². The molecular formula is C16H15BrN2OS. The molecule has 1 heterocycles. The number of thiazole rings is 1. The molecule has 1 aromatic heterocycles. The number of benzene rings is 2. The summed E-state index contributed by atoms with van der Waals surface area (Å²) in [4.78, 5) is 4.47. The van der Waals surface area contributed by atoms with E-state index in [0.29, 0.717) is 0 Å². The lowest BCUT2D eigenvalue weighted by Crippen LogP contribution is -1.99. The molecule has 3 nitrogen and oxygen atoms in total. The van der Waals surface area contributed by atoms with Gasteiger partial charge in [-0.3, -0.25) is 0 Å². The second-order valence-electron chi connectivity index (χ2n) is 4.74. The zero-order valence-electron chi connectivity index (χ0n) is 11.8. The monoisotopic (exact) mass is 362 g/mol. The maximum atomic E-state index is 5.24. The van der Waals surface area contributed by atoms with E-state index in [1.54, 1.807) is 18.4 Å². The Hall–Kier alpha value is -1.59. The van der Waals surface area contributed by atoms with Gasteiger partial charge in [0.15, 0.2) is 0 Å². The van der Waals surface area contributed by atoms with Gasteiger partial charge in [0.05, 0.1) is 26.8 Å². The number of hydrogen-bond donors (Lipinski definition) is 1. The Morgan fingerprint density at radius 1 is 1.24 bits per heavy atom. The first kappa shape index (κ1) is 14.4. The molecule has 0 fully saturated rings. The van der Waals surface area contributed by atoms with Crippen LogP contribution in [0.4, 0.5) is 5.69 Å². The molecule has 0 amide bonds. The number of ether oxygens (including phenoxy) is 1. The molecule has 5 heteroatoms. The van der Waals surface area contributed by atoms with Crippen molar-refractivity contribution in [2.24, 2.45) is 0 Å². The molecule has 2 aromatic carbocycles. The molecule has 0 unspecified atom stereocenters. The van der Waals surface area contributed by atoms with E-state index in [2.05, 4.69) is 56.6 Å². The maximum Gasteiger partial charge on any atom is 0.133 e. The van der Waals surface area contributed by atoms with E-state index in [1.165, 1.54) is 10.3 Å². The molecule has 0 aliphatic rings. The summed E-state index contributed by atoms with van der Waals surface area (Å²) in [5, 5.41) is 4.54. The van der Waals surface area contributed by atoms with Gasteiger partial charge in [0.2, 0.25) is 0 Å². The van der Waals surface area contributed by atoms with Crippen molar-refractivity contribution in [1.82, 2.24) is 4.98 Å². The fourth-order valence-electron chi connectivity index (χ4n) is 2.17. The van der Waals surface area contributed by atoms with E-state index in [1.807, 2.05) is 13.0 Å². The van der Waals surface area contributed by atoms with E-state index in [4.69, 9.17) is 4.74 Å². The van der Waals surface area contributed by atoms with Crippen LogP contribution in [0, 0.1) is 6.92 Å². The molecule has 0 spiro atoms. The Kier molecular flexibility index (Phi) is 4.12. The first-order valence-electron chi connectivity index (χ1n) is 6.59. The number of nitrogens with one attached hydrogen (secondary N) is 1. The summed E-state index contributed by atoms with van der Waals surface area (Å²) < 4.78 is 7.43. The van der Waals surface area contributed by atoms with Gasteiger partial charge < -0.3 is 10.1 Å². The van der Waals surface area contributed by atoms with Gasteiger partial charge in [-0.1, -0.05) is 6.07 Å². The maximum absolute atomic E-state index is 5.24. The Morgan fingerprint density at radius 2 is 2.10 bits per heavy atom. The van der Waals surface area contributed by atoms with Crippen molar-refractivity contribution in [2.45, 2.75) is 13.5 Å². The summed E-state index contributed by atoms with van der Waals surface area (Å²) in [6, 6.07) is 12.4. The van der Waals surface area contributed by atoms with Crippen LogP contribution in [0.5, 0.6) is 5.75 Å². The number of aryl methyl sites for hydroxylation is 1. The molecule has 3 rings (SSSR count). The highest BCUT2D eigenvalue weighted by atomic mass is 79.9. The van der Waals surface area contributed by atoms with E-state index in [-0.39, 0.29) is 0 Å². The van der Waals surface area contributed by atoms with E-state index >= 15 is 0 Å². The van der Waals surface area contributed by atoms with Crippen molar-refractivity contribution in [2.75, 3.05) is 12.4 Å². The van der Waals surface area contributed by atoms with Gasteiger partial charge in [-0.2, -0.15) is 0 Å². The molecule has 0 atom stereocenters. The second kappa shape index (κ2) is 6.03. The van der Waals surface area contributed by atoms with Crippen LogP contribution in [-0.2, 0) is 6.54 Å². The molecule has 3 aromatic rings. The molecule has 0 saturated heterocycles. The average Bonchev–Trinajstić information content (AvgIpc) is 2.84. The summed E-state index contributed by atoms with van der Waals surface area (Å²) in [5.74, 6) is 0.848. The molecule has 0 aliphatic heterocycles. The highest BCUT2D eigenvalue weighted by Gasteiger charge is 2.03. The average molecular weight is 363 g/mol. The zero-order chi connectivity index (χ0) is 14.8. The smallest absolute Gasteiger partial charge is 0.133 e. The minimum absolute atomic E-state index is 0.770. The van der Waals surface area contributed by atoms with Gasteiger partial charge in [0.1, 0.15) is 5.75 Å². The number of anilines is 1. The van der Waals surface area contributed by atoms with Crippen LogP contribution in [0.25, 0.3) is 10.2 Å². The molecule has 0 saturated carbocycles. The fourth-order valence-corrected chi connectivity index (χ4v) is 3.63. The topological polar surface area (TPSA) is 34.1 Å². The predicted octanol–water partition coefficient (Wildman–Crippen LogP) is 4.99. The molecule has 21 heavy (non-hydrogen) atoms. The van der Waals surface area contributed by atoms with Crippen molar-refractivity contribution in [3.05, 3.63) is 51.4 Å². The standard InChI is InChI=1S/C16H15BrN2OS/c1-10-19-14-5-4-12(8-16(14)21-10)18-9-11-3-6-15(20-2)13(17)7-11/h3-8,18H,9H2,1-2H3. The predicted molar refractivity (Wildman–Crippen MR) is 92.4 cm³/mol.